The van der Waals surface area contributed by atoms with Crippen LogP contribution in [0.5, 0.6) is 5.88 Å². The summed E-state index contributed by atoms with van der Waals surface area (Å²) in [6, 6.07) is 7.31. The monoisotopic (exact) mass is 284 g/mol. The largest absolute Gasteiger partial charge is 0.481 e. The number of nitrogens with one attached hydrogen (secondary N) is 2. The Kier molecular flexibility index (Phi) is 5.29. The topological polar surface area (TPSA) is 95.8 Å². The van der Waals surface area contributed by atoms with Crippen molar-refractivity contribution >= 4 is 11.6 Å². The molecule has 0 amide bonds. The Morgan fingerprint density at radius 3 is 2.62 bits per heavy atom. The Morgan fingerprint density at radius 2 is 1.95 bits per heavy atom. The maximum atomic E-state index is 8.68. The van der Waals surface area contributed by atoms with Gasteiger partial charge < -0.3 is 15.4 Å². The molecule has 2 aromatic heterocycles. The van der Waals surface area contributed by atoms with Crippen molar-refractivity contribution in [3.8, 4) is 11.9 Å². The number of pyridine rings is 1. The lowest BCUT2D eigenvalue weighted by atomic mass is 10.3. The van der Waals surface area contributed by atoms with E-state index in [0.717, 1.165) is 31.1 Å². The molecule has 0 unspecified atom stereocenters. The van der Waals surface area contributed by atoms with Gasteiger partial charge in [0.2, 0.25) is 5.88 Å². The lowest BCUT2D eigenvalue weighted by Gasteiger charge is -2.07. The molecule has 21 heavy (non-hydrogen) atoms. The van der Waals surface area contributed by atoms with Crippen molar-refractivity contribution in [2.75, 3.05) is 30.8 Å². The highest BCUT2D eigenvalue weighted by molar-refractivity contribution is 5.39. The van der Waals surface area contributed by atoms with Gasteiger partial charge in [-0.25, -0.2) is 15.0 Å². The molecule has 0 aliphatic heterocycles. The van der Waals surface area contributed by atoms with E-state index in [1.54, 1.807) is 31.5 Å². The molecule has 2 heterocycles. The summed E-state index contributed by atoms with van der Waals surface area (Å²) in [6.45, 7) is 1.54. The third-order valence-corrected chi connectivity index (χ3v) is 2.71. The van der Waals surface area contributed by atoms with Crippen LogP contribution >= 0.6 is 0 Å². The van der Waals surface area contributed by atoms with Crippen molar-refractivity contribution in [3.63, 3.8) is 0 Å². The summed E-state index contributed by atoms with van der Waals surface area (Å²) < 4.78 is 5.02. The number of hydrogen-bond acceptors (Lipinski definition) is 7. The van der Waals surface area contributed by atoms with E-state index in [4.69, 9.17) is 10.00 Å². The molecule has 2 aromatic rings. The van der Waals surface area contributed by atoms with E-state index in [1.165, 1.54) is 6.33 Å². The normalized spacial score (nSPS) is 9.71. The van der Waals surface area contributed by atoms with Crippen molar-refractivity contribution in [1.82, 2.24) is 15.0 Å². The Bertz CT molecular complexity index is 608. The molecule has 0 saturated heterocycles. The summed E-state index contributed by atoms with van der Waals surface area (Å²) >= 11 is 0. The van der Waals surface area contributed by atoms with Crippen LogP contribution in [-0.2, 0) is 0 Å². The molecule has 108 valence electrons. The standard InChI is InChI=1S/C14H16N6O/c1-21-14-7-13(19-10-20-14)17-6-2-5-16-12-4-3-11(8-15)9-18-12/h3-4,7,9-10H,2,5-6H2,1H3,(H,16,18)(H,17,19,20). The quantitative estimate of drug-likeness (QED) is 0.746. The smallest absolute Gasteiger partial charge is 0.218 e. The van der Waals surface area contributed by atoms with Gasteiger partial charge in [-0.15, -0.1) is 0 Å². The minimum Gasteiger partial charge on any atom is -0.481 e. The van der Waals surface area contributed by atoms with Crippen LogP contribution in [0.25, 0.3) is 0 Å². The molecule has 0 aliphatic carbocycles. The molecule has 0 radical (unpaired) electrons. The van der Waals surface area contributed by atoms with E-state index < -0.39 is 0 Å². The van der Waals surface area contributed by atoms with Gasteiger partial charge >= 0.3 is 0 Å². The van der Waals surface area contributed by atoms with Gasteiger partial charge in [-0.3, -0.25) is 0 Å². The van der Waals surface area contributed by atoms with Crippen LogP contribution in [-0.4, -0.2) is 35.2 Å². The lowest BCUT2D eigenvalue weighted by Crippen LogP contribution is -2.10. The highest BCUT2D eigenvalue weighted by Crippen LogP contribution is 2.09. The van der Waals surface area contributed by atoms with Crippen LogP contribution in [0.1, 0.15) is 12.0 Å². The first-order valence-electron chi connectivity index (χ1n) is 6.52. The number of nitriles is 1. The van der Waals surface area contributed by atoms with E-state index in [0.29, 0.717) is 11.4 Å². The zero-order valence-corrected chi connectivity index (χ0v) is 11.7. The zero-order valence-electron chi connectivity index (χ0n) is 11.7. The first kappa shape index (κ1) is 14.5. The summed E-state index contributed by atoms with van der Waals surface area (Å²) in [5.74, 6) is 2.03. The maximum absolute atomic E-state index is 8.68. The van der Waals surface area contributed by atoms with Gasteiger partial charge in [0.1, 0.15) is 24.0 Å². The Morgan fingerprint density at radius 1 is 1.14 bits per heavy atom. The number of nitrogens with zero attached hydrogens (tertiary/aromatic N) is 4. The summed E-state index contributed by atoms with van der Waals surface area (Å²) in [5.41, 5.74) is 0.555. The minimum atomic E-state index is 0.535. The molecule has 0 aliphatic rings. The van der Waals surface area contributed by atoms with Crippen molar-refractivity contribution < 1.29 is 4.74 Å². The molecule has 2 rings (SSSR count). The fraction of sp³-hybridized carbons (Fsp3) is 0.286. The third kappa shape index (κ3) is 4.62. The number of methoxy groups -OCH3 is 1. The molecular weight excluding hydrogens is 268 g/mol. The Hall–Kier alpha value is -2.88. The van der Waals surface area contributed by atoms with E-state index in [-0.39, 0.29) is 0 Å². The molecule has 0 fully saturated rings. The van der Waals surface area contributed by atoms with Crippen molar-refractivity contribution in [3.05, 3.63) is 36.3 Å². The van der Waals surface area contributed by atoms with E-state index in [1.807, 2.05) is 6.07 Å². The van der Waals surface area contributed by atoms with Gasteiger partial charge in [0.15, 0.2) is 0 Å². The summed E-state index contributed by atoms with van der Waals surface area (Å²) in [5, 5.41) is 15.1. The second-order valence-electron chi connectivity index (χ2n) is 4.20. The van der Waals surface area contributed by atoms with Gasteiger partial charge in [-0.1, -0.05) is 0 Å². The van der Waals surface area contributed by atoms with Crippen LogP contribution < -0.4 is 15.4 Å². The molecular formula is C14H16N6O. The van der Waals surface area contributed by atoms with Gasteiger partial charge in [0, 0.05) is 25.4 Å². The number of ether oxygens (including phenoxy) is 1. The fourth-order valence-corrected chi connectivity index (χ4v) is 1.63. The molecule has 0 bridgehead atoms. The second kappa shape index (κ2) is 7.65. The Balaban J connectivity index is 1.68. The third-order valence-electron chi connectivity index (χ3n) is 2.71. The molecule has 0 spiro atoms. The van der Waals surface area contributed by atoms with Gasteiger partial charge in [-0.05, 0) is 18.6 Å². The molecule has 0 saturated carbocycles. The lowest BCUT2D eigenvalue weighted by molar-refractivity contribution is 0.397. The summed E-state index contributed by atoms with van der Waals surface area (Å²) in [6.07, 6.45) is 3.90. The van der Waals surface area contributed by atoms with Crippen LogP contribution in [0.4, 0.5) is 11.6 Å². The molecule has 0 aromatic carbocycles. The minimum absolute atomic E-state index is 0.535. The second-order valence-corrected chi connectivity index (χ2v) is 4.20. The highest BCUT2D eigenvalue weighted by atomic mass is 16.5. The zero-order chi connectivity index (χ0) is 14.9. The van der Waals surface area contributed by atoms with Gasteiger partial charge in [0.05, 0.1) is 12.7 Å². The van der Waals surface area contributed by atoms with Crippen molar-refractivity contribution in [2.45, 2.75) is 6.42 Å². The SMILES string of the molecule is COc1cc(NCCCNc2ccc(C#N)cn2)ncn1. The average molecular weight is 284 g/mol. The van der Waals surface area contributed by atoms with Gasteiger partial charge in [-0.2, -0.15) is 5.26 Å². The van der Waals surface area contributed by atoms with E-state index in [2.05, 4.69) is 25.6 Å². The first-order valence-corrected chi connectivity index (χ1v) is 6.52. The molecule has 0 atom stereocenters. The summed E-state index contributed by atoms with van der Waals surface area (Å²) in [4.78, 5) is 12.2. The van der Waals surface area contributed by atoms with Crippen LogP contribution in [0.2, 0.25) is 0 Å². The van der Waals surface area contributed by atoms with Crippen LogP contribution in [0.3, 0.4) is 0 Å². The van der Waals surface area contributed by atoms with Crippen LogP contribution in [0, 0.1) is 11.3 Å². The predicted octanol–water partition coefficient (Wildman–Crippen LogP) is 1.67. The number of anilines is 2. The molecule has 7 nitrogen and oxygen atoms in total. The maximum Gasteiger partial charge on any atom is 0.218 e. The number of aromatic nitrogens is 3. The molecule has 2 N–H and O–H groups in total. The van der Waals surface area contributed by atoms with E-state index >= 15 is 0 Å². The van der Waals surface area contributed by atoms with Crippen molar-refractivity contribution in [2.24, 2.45) is 0 Å². The Labute approximate surface area is 123 Å². The van der Waals surface area contributed by atoms with E-state index in [9.17, 15) is 0 Å². The first-order chi connectivity index (χ1) is 10.3. The molecule has 7 heteroatoms. The van der Waals surface area contributed by atoms with Crippen LogP contribution in [0.15, 0.2) is 30.7 Å². The summed E-state index contributed by atoms with van der Waals surface area (Å²) in [7, 11) is 1.57. The number of rotatable bonds is 7. The number of hydrogen-bond donors (Lipinski definition) is 2. The van der Waals surface area contributed by atoms with Gasteiger partial charge in [0.25, 0.3) is 0 Å². The fourth-order valence-electron chi connectivity index (χ4n) is 1.63. The highest BCUT2D eigenvalue weighted by Gasteiger charge is 1.98. The predicted molar refractivity (Wildman–Crippen MR) is 79.1 cm³/mol. The average Bonchev–Trinajstić information content (AvgIpc) is 2.55. The van der Waals surface area contributed by atoms with Crippen molar-refractivity contribution in [1.29, 1.82) is 5.26 Å².